The number of anilines is 1. The van der Waals surface area contributed by atoms with Crippen molar-refractivity contribution in [3.8, 4) is 0 Å². The number of benzene rings is 2. The van der Waals surface area contributed by atoms with Gasteiger partial charge in [0, 0.05) is 6.42 Å². The Morgan fingerprint density at radius 1 is 0.766 bits per heavy atom. The van der Waals surface area contributed by atoms with Gasteiger partial charge in [0.25, 0.3) is 5.91 Å². The normalized spacial score (nSPS) is 14.3. The summed E-state index contributed by atoms with van der Waals surface area (Å²) in [6.45, 7) is 7.02. The lowest BCUT2D eigenvalue weighted by atomic mass is 9.97. The number of hydrogen-bond acceptors (Lipinski definition) is 8. The maximum atomic E-state index is 13.7. The number of aromatic carboxylic acids is 1. The van der Waals surface area contributed by atoms with Crippen LogP contribution in [-0.2, 0) is 30.4 Å². The van der Waals surface area contributed by atoms with Crippen LogP contribution in [0.15, 0.2) is 54.6 Å². The van der Waals surface area contributed by atoms with E-state index in [1.54, 1.807) is 44.2 Å². The number of carboxylic acid groups (broad SMARTS) is 2. The Kier molecular flexibility index (Phi) is 15.0. The van der Waals surface area contributed by atoms with Gasteiger partial charge in [-0.2, -0.15) is 0 Å². The first-order chi connectivity index (χ1) is 22.1. The monoisotopic (exact) mass is 655 g/mol. The first-order valence-electron chi connectivity index (χ1n) is 15.3. The zero-order valence-electron chi connectivity index (χ0n) is 26.9. The molecule has 2 aromatic carbocycles. The highest BCUT2D eigenvalue weighted by molar-refractivity contribution is 6.02. The van der Waals surface area contributed by atoms with Crippen molar-refractivity contribution in [3.05, 3.63) is 65.7 Å². The molecular weight excluding hydrogens is 610 g/mol. The minimum Gasteiger partial charge on any atom is -0.481 e. The molecule has 0 aliphatic heterocycles. The SMILES string of the molecule is CC(C)C[C@H](NC(=O)[C@@H](NC(=O)[C@@H](N)CCC(=O)O)C(C)C)C(=O)N[C@@H](Cc1ccccc1)[C@@H](O)C(=O)Nc1ccccc1C(=O)O. The summed E-state index contributed by atoms with van der Waals surface area (Å²) in [5, 5.41) is 39.9. The van der Waals surface area contributed by atoms with E-state index < -0.39 is 71.8 Å². The molecule has 0 saturated carbocycles. The van der Waals surface area contributed by atoms with Gasteiger partial charge in [-0.3, -0.25) is 24.0 Å². The summed E-state index contributed by atoms with van der Waals surface area (Å²) in [7, 11) is 0. The van der Waals surface area contributed by atoms with Crippen LogP contribution >= 0.6 is 0 Å². The molecule has 0 heterocycles. The van der Waals surface area contributed by atoms with Crippen molar-refractivity contribution in [2.45, 2.75) is 83.6 Å². The Labute approximate surface area is 273 Å². The number of nitrogens with one attached hydrogen (secondary N) is 4. The van der Waals surface area contributed by atoms with Crippen LogP contribution in [0.1, 0.15) is 62.9 Å². The third-order valence-electron chi connectivity index (χ3n) is 7.28. The smallest absolute Gasteiger partial charge is 0.337 e. The molecule has 2 aromatic rings. The molecule has 0 bridgehead atoms. The van der Waals surface area contributed by atoms with Crippen LogP contribution in [0.4, 0.5) is 5.69 Å². The van der Waals surface area contributed by atoms with Gasteiger partial charge >= 0.3 is 11.9 Å². The van der Waals surface area contributed by atoms with E-state index in [2.05, 4.69) is 21.3 Å². The maximum Gasteiger partial charge on any atom is 0.337 e. The lowest BCUT2D eigenvalue weighted by molar-refractivity contribution is -0.137. The Balaban J connectivity index is 2.29. The first kappa shape index (κ1) is 38.4. The standard InChI is InChI=1S/C33H45N5O9/c1-18(2)16-25(37-31(44)27(19(3)4)38-29(42)22(34)14-15-26(39)40)30(43)36-24(17-20-10-6-5-7-11-20)28(41)32(45)35-23-13-9-8-12-21(23)33(46)47/h5-13,18-19,22,24-25,27-28,41H,14-17,34H2,1-4H3,(H,35,45)(H,36,43)(H,37,44)(H,38,42)(H,39,40)(H,46,47)/t22-,24-,25-,27-,28+/m0/s1. The number of carboxylic acids is 2. The van der Waals surface area contributed by atoms with Gasteiger partial charge in [0.2, 0.25) is 17.7 Å². The molecule has 14 nitrogen and oxygen atoms in total. The lowest BCUT2D eigenvalue weighted by Crippen LogP contribution is -2.59. The molecular formula is C33H45N5O9. The van der Waals surface area contributed by atoms with Crippen LogP contribution in [0.5, 0.6) is 0 Å². The summed E-state index contributed by atoms with van der Waals surface area (Å²) in [6.07, 6.45) is -2.10. The highest BCUT2D eigenvalue weighted by Crippen LogP contribution is 2.17. The number of amides is 4. The van der Waals surface area contributed by atoms with Gasteiger partial charge in [-0.05, 0) is 48.8 Å². The average molecular weight is 656 g/mol. The fourth-order valence-corrected chi connectivity index (χ4v) is 4.73. The van der Waals surface area contributed by atoms with Crippen molar-refractivity contribution >= 4 is 41.3 Å². The maximum absolute atomic E-state index is 13.7. The molecule has 0 spiro atoms. The van der Waals surface area contributed by atoms with Gasteiger partial charge in [-0.25, -0.2) is 4.79 Å². The van der Waals surface area contributed by atoms with Crippen molar-refractivity contribution in [2.24, 2.45) is 17.6 Å². The van der Waals surface area contributed by atoms with Crippen molar-refractivity contribution in [3.63, 3.8) is 0 Å². The summed E-state index contributed by atoms with van der Waals surface area (Å²) >= 11 is 0. The number of aliphatic carboxylic acids is 1. The van der Waals surface area contributed by atoms with Crippen molar-refractivity contribution in [1.29, 1.82) is 0 Å². The summed E-state index contributed by atoms with van der Waals surface area (Å²) in [5.74, 6) is -5.96. The van der Waals surface area contributed by atoms with E-state index in [1.165, 1.54) is 24.3 Å². The number of aliphatic hydroxyl groups is 1. The molecule has 14 heteroatoms. The van der Waals surface area contributed by atoms with Crippen molar-refractivity contribution < 1.29 is 44.1 Å². The van der Waals surface area contributed by atoms with Crippen LogP contribution in [0.25, 0.3) is 0 Å². The molecule has 256 valence electrons. The van der Waals surface area contributed by atoms with Crippen LogP contribution in [-0.4, -0.2) is 81.2 Å². The second kappa shape index (κ2) is 18.4. The Hall–Kier alpha value is -4.82. The predicted octanol–water partition coefficient (Wildman–Crippen LogP) is 1.28. The third-order valence-corrected chi connectivity index (χ3v) is 7.28. The average Bonchev–Trinajstić information content (AvgIpc) is 3.01. The van der Waals surface area contributed by atoms with E-state index in [1.807, 2.05) is 13.8 Å². The van der Waals surface area contributed by atoms with E-state index in [4.69, 9.17) is 10.8 Å². The minimum absolute atomic E-state index is 0.0169. The van der Waals surface area contributed by atoms with Gasteiger partial charge in [0.05, 0.1) is 23.3 Å². The second-order valence-electron chi connectivity index (χ2n) is 12.0. The van der Waals surface area contributed by atoms with E-state index in [0.717, 1.165) is 0 Å². The number of hydrogen-bond donors (Lipinski definition) is 8. The summed E-state index contributed by atoms with van der Waals surface area (Å²) in [6, 6.07) is 9.84. The molecule has 9 N–H and O–H groups in total. The molecule has 0 fully saturated rings. The van der Waals surface area contributed by atoms with Gasteiger partial charge < -0.3 is 42.3 Å². The fourth-order valence-electron chi connectivity index (χ4n) is 4.73. The molecule has 0 unspecified atom stereocenters. The van der Waals surface area contributed by atoms with Crippen LogP contribution in [0.2, 0.25) is 0 Å². The fraction of sp³-hybridized carbons (Fsp3) is 0.455. The molecule has 0 aliphatic carbocycles. The Morgan fingerprint density at radius 2 is 1.38 bits per heavy atom. The Morgan fingerprint density at radius 3 is 1.96 bits per heavy atom. The second-order valence-corrected chi connectivity index (χ2v) is 12.0. The highest BCUT2D eigenvalue weighted by atomic mass is 16.4. The highest BCUT2D eigenvalue weighted by Gasteiger charge is 2.34. The van der Waals surface area contributed by atoms with Crippen LogP contribution < -0.4 is 27.0 Å². The molecule has 47 heavy (non-hydrogen) atoms. The number of carbonyl (C=O) groups excluding carboxylic acids is 4. The molecule has 4 amide bonds. The number of rotatable bonds is 18. The zero-order valence-corrected chi connectivity index (χ0v) is 26.9. The molecule has 0 aromatic heterocycles. The summed E-state index contributed by atoms with van der Waals surface area (Å²) in [5.41, 5.74) is 6.27. The number of nitrogens with two attached hydrogens (primary N) is 1. The molecule has 0 radical (unpaired) electrons. The number of para-hydroxylation sites is 1. The Bertz CT molecular complexity index is 1400. The molecule has 0 aliphatic rings. The van der Waals surface area contributed by atoms with E-state index in [9.17, 15) is 39.0 Å². The van der Waals surface area contributed by atoms with Crippen molar-refractivity contribution in [2.75, 3.05) is 5.32 Å². The minimum atomic E-state index is -1.83. The van der Waals surface area contributed by atoms with Crippen molar-refractivity contribution in [1.82, 2.24) is 16.0 Å². The lowest BCUT2D eigenvalue weighted by Gasteiger charge is -2.29. The van der Waals surface area contributed by atoms with Crippen LogP contribution in [0, 0.1) is 11.8 Å². The van der Waals surface area contributed by atoms with Gasteiger partial charge in [-0.15, -0.1) is 0 Å². The van der Waals surface area contributed by atoms with E-state index in [0.29, 0.717) is 5.56 Å². The quantitative estimate of drug-likeness (QED) is 0.114. The summed E-state index contributed by atoms with van der Waals surface area (Å²) in [4.78, 5) is 75.4. The number of carbonyl (C=O) groups is 6. The third kappa shape index (κ3) is 12.5. The summed E-state index contributed by atoms with van der Waals surface area (Å²) < 4.78 is 0. The van der Waals surface area contributed by atoms with E-state index >= 15 is 0 Å². The first-order valence-corrected chi connectivity index (χ1v) is 15.3. The molecule has 0 saturated heterocycles. The van der Waals surface area contributed by atoms with Gasteiger partial charge in [0.15, 0.2) is 6.10 Å². The van der Waals surface area contributed by atoms with E-state index in [-0.39, 0.29) is 42.9 Å². The van der Waals surface area contributed by atoms with Gasteiger partial charge in [-0.1, -0.05) is 70.2 Å². The number of aliphatic hydroxyl groups excluding tert-OH is 1. The molecule has 5 atom stereocenters. The molecule has 2 rings (SSSR count). The zero-order chi connectivity index (χ0) is 35.3. The largest absolute Gasteiger partial charge is 0.481 e. The van der Waals surface area contributed by atoms with Gasteiger partial charge in [0.1, 0.15) is 12.1 Å². The van der Waals surface area contributed by atoms with Crippen LogP contribution in [0.3, 0.4) is 0 Å². The topological polar surface area (TPSA) is 237 Å². The predicted molar refractivity (Wildman–Crippen MR) is 173 cm³/mol.